The molecule has 1 heterocycles. The van der Waals surface area contributed by atoms with Gasteiger partial charge in [-0.3, -0.25) is 10.4 Å². The molecule has 1 aliphatic carbocycles. The Balaban J connectivity index is 1.27. The van der Waals surface area contributed by atoms with Crippen LogP contribution < -0.4 is 5.32 Å². The highest BCUT2D eigenvalue weighted by atomic mass is 16.5. The minimum Gasteiger partial charge on any atom is -0.508 e. The van der Waals surface area contributed by atoms with Crippen LogP contribution in [0.1, 0.15) is 17.0 Å². The molecule has 0 aliphatic heterocycles. The van der Waals surface area contributed by atoms with Crippen molar-refractivity contribution in [3.63, 3.8) is 0 Å². The van der Waals surface area contributed by atoms with Crippen LogP contribution >= 0.6 is 0 Å². The van der Waals surface area contributed by atoms with Gasteiger partial charge < -0.3 is 9.84 Å². The number of aromatic amines is 1. The number of hydrogen-bond donors (Lipinski definition) is 3. The van der Waals surface area contributed by atoms with Crippen LogP contribution in [-0.2, 0) is 4.74 Å². The van der Waals surface area contributed by atoms with Gasteiger partial charge in [0.15, 0.2) is 5.82 Å². The predicted molar refractivity (Wildman–Crippen MR) is 114 cm³/mol. The highest BCUT2D eigenvalue weighted by Crippen LogP contribution is 2.44. The average molecular weight is 397 g/mol. The molecule has 0 saturated carbocycles. The summed E-state index contributed by atoms with van der Waals surface area (Å²) in [5.74, 6) is 0.570. The van der Waals surface area contributed by atoms with Crippen molar-refractivity contribution in [3.05, 3.63) is 90.0 Å². The zero-order valence-corrected chi connectivity index (χ0v) is 16.0. The third-order valence-electron chi connectivity index (χ3n) is 5.33. The summed E-state index contributed by atoms with van der Waals surface area (Å²) in [7, 11) is 0. The Hall–Kier alpha value is -4.06. The number of H-pyrrole nitrogens is 1. The largest absolute Gasteiger partial charge is 0.508 e. The van der Waals surface area contributed by atoms with E-state index >= 15 is 0 Å². The number of nitrogens with zero attached hydrogens (tertiary/aromatic N) is 1. The molecule has 0 bridgehead atoms. The Morgan fingerprint density at radius 1 is 0.967 bits per heavy atom. The average Bonchev–Trinajstić information content (AvgIpc) is 3.36. The monoisotopic (exact) mass is 397 g/mol. The van der Waals surface area contributed by atoms with Crippen LogP contribution in [-0.4, -0.2) is 28.0 Å². The van der Waals surface area contributed by atoms with E-state index in [0.29, 0.717) is 5.82 Å². The van der Waals surface area contributed by atoms with Gasteiger partial charge >= 0.3 is 6.09 Å². The SMILES string of the molecule is O=C(Nc1cc(-c2ccc(O)cc2)[nH]n1)OCC1c2ccccc2-c2ccccc21. The minimum atomic E-state index is -0.555. The third kappa shape index (κ3) is 3.28. The molecule has 148 valence electrons. The number of rotatable bonds is 4. The van der Waals surface area contributed by atoms with E-state index in [4.69, 9.17) is 4.74 Å². The number of fused-ring (bicyclic) bond motifs is 3. The molecule has 6 nitrogen and oxygen atoms in total. The van der Waals surface area contributed by atoms with Gasteiger partial charge in [-0.25, -0.2) is 4.79 Å². The van der Waals surface area contributed by atoms with E-state index in [-0.39, 0.29) is 18.3 Å². The molecule has 1 amide bonds. The van der Waals surface area contributed by atoms with E-state index < -0.39 is 6.09 Å². The lowest BCUT2D eigenvalue weighted by Gasteiger charge is -2.14. The van der Waals surface area contributed by atoms with Crippen LogP contribution in [0.25, 0.3) is 22.4 Å². The molecule has 3 aromatic carbocycles. The quantitative estimate of drug-likeness (QED) is 0.445. The van der Waals surface area contributed by atoms with Gasteiger partial charge in [-0.15, -0.1) is 0 Å². The van der Waals surface area contributed by atoms with Gasteiger partial charge in [0.25, 0.3) is 0 Å². The van der Waals surface area contributed by atoms with Crippen LogP contribution in [0, 0.1) is 0 Å². The number of aromatic nitrogens is 2. The van der Waals surface area contributed by atoms with Crippen molar-refractivity contribution >= 4 is 11.9 Å². The first-order valence-electron chi connectivity index (χ1n) is 9.66. The highest BCUT2D eigenvalue weighted by Gasteiger charge is 2.29. The molecular weight excluding hydrogens is 378 g/mol. The zero-order chi connectivity index (χ0) is 20.5. The third-order valence-corrected chi connectivity index (χ3v) is 5.33. The van der Waals surface area contributed by atoms with Crippen LogP contribution in [0.5, 0.6) is 5.75 Å². The Bertz CT molecular complexity index is 1170. The second-order valence-corrected chi connectivity index (χ2v) is 7.16. The van der Waals surface area contributed by atoms with Crippen LogP contribution in [0.2, 0.25) is 0 Å². The summed E-state index contributed by atoms with van der Waals surface area (Å²) < 4.78 is 5.54. The van der Waals surface area contributed by atoms with Gasteiger partial charge in [-0.05, 0) is 52.1 Å². The van der Waals surface area contributed by atoms with Crippen molar-refractivity contribution in [2.45, 2.75) is 5.92 Å². The number of nitrogens with one attached hydrogen (secondary N) is 2. The van der Waals surface area contributed by atoms with Gasteiger partial charge in [0.2, 0.25) is 0 Å². The molecule has 0 unspecified atom stereocenters. The fourth-order valence-corrected chi connectivity index (χ4v) is 3.91. The van der Waals surface area contributed by atoms with Gasteiger partial charge in [0, 0.05) is 12.0 Å². The predicted octanol–water partition coefficient (Wildman–Crippen LogP) is 5.14. The van der Waals surface area contributed by atoms with E-state index in [1.807, 2.05) is 24.3 Å². The van der Waals surface area contributed by atoms with Crippen molar-refractivity contribution in [1.82, 2.24) is 10.2 Å². The first-order valence-corrected chi connectivity index (χ1v) is 9.66. The maximum Gasteiger partial charge on any atom is 0.412 e. The maximum atomic E-state index is 12.4. The number of carbonyl (C=O) groups is 1. The molecule has 0 spiro atoms. The highest BCUT2D eigenvalue weighted by molar-refractivity contribution is 5.85. The van der Waals surface area contributed by atoms with Gasteiger partial charge in [0.05, 0.1) is 5.69 Å². The first kappa shape index (κ1) is 18.0. The fraction of sp³-hybridized carbons (Fsp3) is 0.0833. The second kappa shape index (κ2) is 7.40. The summed E-state index contributed by atoms with van der Waals surface area (Å²) in [5, 5.41) is 19.0. The topological polar surface area (TPSA) is 87.2 Å². The molecule has 0 atom stereocenters. The van der Waals surface area contributed by atoms with Crippen molar-refractivity contribution in [3.8, 4) is 28.1 Å². The number of carbonyl (C=O) groups excluding carboxylic acids is 1. The second-order valence-electron chi connectivity index (χ2n) is 7.16. The number of anilines is 1. The fourth-order valence-electron chi connectivity index (χ4n) is 3.91. The Labute approximate surface area is 173 Å². The van der Waals surface area contributed by atoms with Gasteiger partial charge in [-0.1, -0.05) is 48.5 Å². The zero-order valence-electron chi connectivity index (χ0n) is 16.0. The number of aromatic hydroxyl groups is 1. The lowest BCUT2D eigenvalue weighted by atomic mass is 9.98. The number of amides is 1. The van der Waals surface area contributed by atoms with Gasteiger partial charge in [-0.2, -0.15) is 5.10 Å². The molecule has 4 aromatic rings. The molecule has 5 rings (SSSR count). The normalized spacial score (nSPS) is 12.3. The van der Waals surface area contributed by atoms with Crippen molar-refractivity contribution < 1.29 is 14.6 Å². The first-order chi connectivity index (χ1) is 14.7. The molecule has 1 aliphatic rings. The number of ether oxygens (including phenoxy) is 1. The number of phenols is 1. The summed E-state index contributed by atoms with van der Waals surface area (Å²) in [6, 6.07) is 24.9. The van der Waals surface area contributed by atoms with E-state index in [2.05, 4.69) is 39.8 Å². The summed E-state index contributed by atoms with van der Waals surface area (Å²) in [4.78, 5) is 12.4. The van der Waals surface area contributed by atoms with Crippen molar-refractivity contribution in [1.29, 1.82) is 0 Å². The van der Waals surface area contributed by atoms with Crippen LogP contribution in [0.4, 0.5) is 10.6 Å². The van der Waals surface area contributed by atoms with Crippen molar-refractivity contribution in [2.75, 3.05) is 11.9 Å². The van der Waals surface area contributed by atoms with Crippen molar-refractivity contribution in [2.24, 2.45) is 0 Å². The van der Waals surface area contributed by atoms with Gasteiger partial charge in [0.1, 0.15) is 12.4 Å². The van der Waals surface area contributed by atoms with E-state index in [1.165, 1.54) is 22.3 Å². The number of phenolic OH excluding ortho intramolecular Hbond substituents is 1. The molecular formula is C24H19N3O3. The molecule has 6 heteroatoms. The smallest absolute Gasteiger partial charge is 0.412 e. The Kier molecular flexibility index (Phi) is 4.44. The number of benzene rings is 3. The summed E-state index contributed by atoms with van der Waals surface area (Å²) in [6.07, 6.45) is -0.555. The molecule has 3 N–H and O–H groups in total. The minimum absolute atomic E-state index is 0.00916. The molecule has 0 radical (unpaired) electrons. The maximum absolute atomic E-state index is 12.4. The molecule has 0 saturated heterocycles. The molecule has 30 heavy (non-hydrogen) atoms. The number of hydrogen-bond acceptors (Lipinski definition) is 4. The standard InChI is InChI=1S/C24H19N3O3/c28-16-11-9-15(10-12-16)22-13-23(27-26-22)25-24(29)30-14-21-19-7-3-1-5-17(19)18-6-2-4-8-20(18)21/h1-13,21,28H,14H2,(H2,25,26,27,29). The molecule has 1 aromatic heterocycles. The molecule has 0 fully saturated rings. The lowest BCUT2D eigenvalue weighted by molar-refractivity contribution is 0.158. The Morgan fingerprint density at radius 3 is 2.27 bits per heavy atom. The lowest BCUT2D eigenvalue weighted by Crippen LogP contribution is -2.18. The van der Waals surface area contributed by atoms with Crippen LogP contribution in [0.15, 0.2) is 78.9 Å². The van der Waals surface area contributed by atoms with E-state index in [9.17, 15) is 9.90 Å². The summed E-state index contributed by atoms with van der Waals surface area (Å²) >= 11 is 0. The van der Waals surface area contributed by atoms with Crippen LogP contribution in [0.3, 0.4) is 0 Å². The summed E-state index contributed by atoms with van der Waals surface area (Å²) in [6.45, 7) is 0.245. The van der Waals surface area contributed by atoms with E-state index in [0.717, 1.165) is 11.3 Å². The van der Waals surface area contributed by atoms with E-state index in [1.54, 1.807) is 30.3 Å². The summed E-state index contributed by atoms with van der Waals surface area (Å²) in [5.41, 5.74) is 6.28. The Morgan fingerprint density at radius 2 is 1.60 bits per heavy atom.